The minimum absolute atomic E-state index is 0.0687. The van der Waals surface area contributed by atoms with Gasteiger partial charge in [0, 0.05) is 45.3 Å². The molecule has 1 saturated carbocycles. The third-order valence-corrected chi connectivity index (χ3v) is 6.88. The van der Waals surface area contributed by atoms with Gasteiger partial charge in [-0.3, -0.25) is 9.80 Å². The van der Waals surface area contributed by atoms with E-state index in [4.69, 9.17) is 14.6 Å². The molecule has 3 aromatic rings. The van der Waals surface area contributed by atoms with Crippen LogP contribution in [0, 0.1) is 24.5 Å². The molecule has 1 N–H and O–H groups in total. The summed E-state index contributed by atoms with van der Waals surface area (Å²) in [5.41, 5.74) is 2.34. The van der Waals surface area contributed by atoms with E-state index in [1.165, 1.54) is 25.0 Å². The topological polar surface area (TPSA) is 63.0 Å². The monoisotopic (exact) mass is 512 g/mol. The van der Waals surface area contributed by atoms with E-state index in [2.05, 4.69) is 9.80 Å². The number of benzene rings is 2. The van der Waals surface area contributed by atoms with Gasteiger partial charge in [-0.05, 0) is 49.9 Å². The molecule has 1 unspecified atom stereocenters. The molecule has 1 atom stereocenters. The lowest BCUT2D eigenvalue weighted by molar-refractivity contribution is 0.00585. The van der Waals surface area contributed by atoms with Crippen LogP contribution in [-0.4, -0.2) is 76.7 Å². The summed E-state index contributed by atoms with van der Waals surface area (Å²) in [7, 11) is 0. The fourth-order valence-corrected chi connectivity index (χ4v) is 4.76. The molecule has 0 bridgehead atoms. The molecule has 1 aliphatic carbocycles. The maximum absolute atomic E-state index is 14.6. The summed E-state index contributed by atoms with van der Waals surface area (Å²) < 4.78 is 41.3. The number of para-hydroxylation sites is 1. The van der Waals surface area contributed by atoms with Crippen LogP contribution in [0.5, 0.6) is 11.6 Å². The Balaban J connectivity index is 1.42. The summed E-state index contributed by atoms with van der Waals surface area (Å²) in [5, 5.41) is 15.7. The number of hydrogen-bond donors (Lipinski definition) is 1. The number of aromatic nitrogens is 2. The van der Waals surface area contributed by atoms with Crippen molar-refractivity contribution in [2.24, 2.45) is 5.92 Å². The van der Waals surface area contributed by atoms with Gasteiger partial charge in [0.1, 0.15) is 5.82 Å². The van der Waals surface area contributed by atoms with Crippen molar-refractivity contribution in [2.45, 2.75) is 32.4 Å². The Morgan fingerprint density at radius 2 is 1.89 bits per heavy atom. The molecule has 2 heterocycles. The van der Waals surface area contributed by atoms with Gasteiger partial charge in [-0.15, -0.1) is 0 Å². The highest BCUT2D eigenvalue weighted by Gasteiger charge is 2.29. The lowest BCUT2D eigenvalue weighted by atomic mass is 10.2. The molecule has 198 valence electrons. The molecule has 2 aromatic carbocycles. The highest BCUT2D eigenvalue weighted by Crippen LogP contribution is 2.35. The predicted octanol–water partition coefficient (Wildman–Crippen LogP) is 4.16. The van der Waals surface area contributed by atoms with Gasteiger partial charge < -0.3 is 14.6 Å². The lowest BCUT2D eigenvalue weighted by Gasteiger charge is -2.31. The van der Waals surface area contributed by atoms with Gasteiger partial charge in [0.15, 0.2) is 11.6 Å². The normalized spacial score (nSPS) is 17.3. The van der Waals surface area contributed by atoms with Crippen molar-refractivity contribution in [1.82, 2.24) is 19.6 Å². The number of aliphatic hydroxyl groups is 1. The van der Waals surface area contributed by atoms with Crippen LogP contribution >= 0.6 is 0 Å². The van der Waals surface area contributed by atoms with Crippen molar-refractivity contribution in [3.05, 3.63) is 71.4 Å². The Morgan fingerprint density at radius 3 is 2.59 bits per heavy atom. The number of ether oxygens (including phenoxy) is 2. The molecule has 0 spiro atoms. The Bertz CT molecular complexity index is 1180. The summed E-state index contributed by atoms with van der Waals surface area (Å²) in [5.74, 6) is -0.514. The summed E-state index contributed by atoms with van der Waals surface area (Å²) in [6.45, 7) is 7.39. The smallest absolute Gasteiger partial charge is 0.227 e. The summed E-state index contributed by atoms with van der Waals surface area (Å²) in [6.07, 6.45) is 1.85. The fourth-order valence-electron chi connectivity index (χ4n) is 4.76. The van der Waals surface area contributed by atoms with Crippen molar-refractivity contribution in [2.75, 3.05) is 45.9 Å². The third-order valence-electron chi connectivity index (χ3n) is 6.88. The van der Waals surface area contributed by atoms with E-state index in [1.54, 1.807) is 4.68 Å². The lowest BCUT2D eigenvalue weighted by Crippen LogP contribution is -2.44. The van der Waals surface area contributed by atoms with E-state index in [-0.39, 0.29) is 5.75 Å². The highest BCUT2D eigenvalue weighted by molar-refractivity contribution is 5.43. The Kier molecular flexibility index (Phi) is 8.14. The zero-order valence-corrected chi connectivity index (χ0v) is 21.2. The molecule has 0 radical (unpaired) electrons. The molecule has 9 heteroatoms. The van der Waals surface area contributed by atoms with Crippen molar-refractivity contribution in [3.8, 4) is 17.3 Å². The van der Waals surface area contributed by atoms with Crippen LogP contribution in [0.4, 0.5) is 8.78 Å². The third kappa shape index (κ3) is 6.73. The van der Waals surface area contributed by atoms with E-state index in [0.29, 0.717) is 44.6 Å². The van der Waals surface area contributed by atoms with Gasteiger partial charge in [-0.2, -0.15) is 5.10 Å². The molecule has 37 heavy (non-hydrogen) atoms. The van der Waals surface area contributed by atoms with Gasteiger partial charge in [0.2, 0.25) is 5.88 Å². The second kappa shape index (κ2) is 11.7. The average Bonchev–Trinajstić information content (AvgIpc) is 3.65. The van der Waals surface area contributed by atoms with Gasteiger partial charge >= 0.3 is 0 Å². The van der Waals surface area contributed by atoms with Gasteiger partial charge in [0.05, 0.1) is 36.3 Å². The minimum Gasteiger partial charge on any atom is -0.435 e. The van der Waals surface area contributed by atoms with Crippen molar-refractivity contribution >= 4 is 0 Å². The van der Waals surface area contributed by atoms with Crippen LogP contribution in [-0.2, 0) is 11.3 Å². The van der Waals surface area contributed by atoms with E-state index < -0.39 is 17.7 Å². The first-order valence-electron chi connectivity index (χ1n) is 12.9. The Hall–Kier alpha value is -2.85. The zero-order valence-electron chi connectivity index (χ0n) is 21.2. The average molecular weight is 513 g/mol. The van der Waals surface area contributed by atoms with E-state index in [1.807, 2.05) is 37.3 Å². The second-order valence-corrected chi connectivity index (χ2v) is 10.00. The number of aliphatic hydroxyl groups excluding tert-OH is 1. The van der Waals surface area contributed by atoms with Crippen LogP contribution in [0.3, 0.4) is 0 Å². The summed E-state index contributed by atoms with van der Waals surface area (Å²) >= 11 is 0. The van der Waals surface area contributed by atoms with Crippen LogP contribution in [0.2, 0.25) is 0 Å². The van der Waals surface area contributed by atoms with Gasteiger partial charge in [-0.25, -0.2) is 13.5 Å². The van der Waals surface area contributed by atoms with Crippen molar-refractivity contribution in [3.63, 3.8) is 0 Å². The van der Waals surface area contributed by atoms with Crippen LogP contribution in [0.15, 0.2) is 48.5 Å². The van der Waals surface area contributed by atoms with E-state index >= 15 is 0 Å². The standard InChI is InChI=1S/C28H34F2N4O3/c1-20-25(19-33(16-21-7-8-21)18-24(35)17-32-11-13-36-14-12-32)28(34(31-20)23-5-3-2-4-6-23)37-27-10-9-22(29)15-26(27)30/h2-6,9-10,15,21,24,35H,7-8,11-14,16-19H2,1H3. The molecule has 0 amide bonds. The Labute approximate surface area is 216 Å². The fraction of sp³-hybridized carbons (Fsp3) is 0.464. The number of morpholine rings is 1. The molecule has 2 fully saturated rings. The first-order valence-corrected chi connectivity index (χ1v) is 12.9. The highest BCUT2D eigenvalue weighted by atomic mass is 19.1. The van der Waals surface area contributed by atoms with E-state index in [0.717, 1.165) is 42.6 Å². The SMILES string of the molecule is Cc1nn(-c2ccccc2)c(Oc2ccc(F)cc2F)c1CN(CC(O)CN1CCOCC1)CC1CC1. The number of halogens is 2. The minimum atomic E-state index is -0.778. The van der Waals surface area contributed by atoms with Gasteiger partial charge in [0.25, 0.3) is 0 Å². The molecule has 1 aliphatic heterocycles. The zero-order chi connectivity index (χ0) is 25.8. The summed E-state index contributed by atoms with van der Waals surface area (Å²) in [4.78, 5) is 4.48. The maximum Gasteiger partial charge on any atom is 0.227 e. The quantitative estimate of drug-likeness (QED) is 0.417. The first kappa shape index (κ1) is 25.8. The van der Waals surface area contributed by atoms with Crippen LogP contribution in [0.25, 0.3) is 5.69 Å². The number of nitrogens with zero attached hydrogens (tertiary/aromatic N) is 4. The number of aryl methyl sites for hydroxylation is 1. The van der Waals surface area contributed by atoms with E-state index in [9.17, 15) is 13.9 Å². The number of rotatable bonds is 11. The van der Waals surface area contributed by atoms with Gasteiger partial charge in [-0.1, -0.05) is 18.2 Å². The summed E-state index contributed by atoms with van der Waals surface area (Å²) in [6, 6.07) is 12.8. The first-order chi connectivity index (χ1) is 18.0. The Morgan fingerprint density at radius 1 is 1.14 bits per heavy atom. The molecular formula is C28H34F2N4O3. The molecule has 5 rings (SSSR count). The van der Waals surface area contributed by atoms with Crippen LogP contribution in [0.1, 0.15) is 24.1 Å². The second-order valence-electron chi connectivity index (χ2n) is 10.00. The number of hydrogen-bond acceptors (Lipinski definition) is 6. The van der Waals surface area contributed by atoms with Crippen molar-refractivity contribution in [1.29, 1.82) is 0 Å². The van der Waals surface area contributed by atoms with Crippen LogP contribution < -0.4 is 4.74 Å². The molecule has 2 aliphatic rings. The number of β-amino-alcohol motifs (C(OH)–C–C–N with tert-alkyl or cyclic N) is 1. The molecule has 1 aromatic heterocycles. The van der Waals surface area contributed by atoms with Crippen molar-refractivity contribution < 1.29 is 23.4 Å². The molecule has 7 nitrogen and oxygen atoms in total. The molecule has 1 saturated heterocycles. The molecular weight excluding hydrogens is 478 g/mol. The largest absolute Gasteiger partial charge is 0.435 e. The predicted molar refractivity (Wildman–Crippen MR) is 136 cm³/mol. The maximum atomic E-state index is 14.6.